The van der Waals surface area contributed by atoms with E-state index >= 15 is 0 Å². The summed E-state index contributed by atoms with van der Waals surface area (Å²) in [4.78, 5) is 0. The van der Waals surface area contributed by atoms with Crippen LogP contribution in [0.25, 0.3) is 11.1 Å². The molecule has 0 bridgehead atoms. The van der Waals surface area contributed by atoms with Crippen molar-refractivity contribution in [3.63, 3.8) is 0 Å². The van der Waals surface area contributed by atoms with Gasteiger partial charge in [0.2, 0.25) is 10.0 Å². The lowest BCUT2D eigenvalue weighted by Crippen LogP contribution is -2.15. The summed E-state index contributed by atoms with van der Waals surface area (Å²) in [7, 11) is -0.284. The molecule has 0 amide bonds. The number of methoxy groups -OCH3 is 2. The van der Waals surface area contributed by atoms with Crippen LogP contribution >= 0.6 is 0 Å². The Morgan fingerprint density at radius 2 is 1.57 bits per heavy atom. The highest BCUT2D eigenvalue weighted by Crippen LogP contribution is 2.39. The van der Waals surface area contributed by atoms with Crippen LogP contribution in [0.15, 0.2) is 66.7 Å². The fourth-order valence-corrected chi connectivity index (χ4v) is 4.55. The van der Waals surface area contributed by atoms with Crippen molar-refractivity contribution >= 4 is 15.7 Å². The van der Waals surface area contributed by atoms with Crippen molar-refractivity contribution in [2.75, 3.05) is 18.9 Å². The Morgan fingerprint density at radius 3 is 2.20 bits per heavy atom. The van der Waals surface area contributed by atoms with Crippen LogP contribution < -0.4 is 14.2 Å². The van der Waals surface area contributed by atoms with E-state index in [4.69, 9.17) is 9.47 Å². The quantitative estimate of drug-likeness (QED) is 0.522. The van der Waals surface area contributed by atoms with Gasteiger partial charge in [0.15, 0.2) is 0 Å². The Hall–Kier alpha value is -2.99. The van der Waals surface area contributed by atoms with Crippen LogP contribution in [-0.4, -0.2) is 22.6 Å². The minimum absolute atomic E-state index is 0.0819. The summed E-state index contributed by atoms with van der Waals surface area (Å²) in [6.07, 6.45) is 0. The van der Waals surface area contributed by atoms with E-state index in [2.05, 4.69) is 18.6 Å². The number of hydrogen-bond donors (Lipinski definition) is 1. The van der Waals surface area contributed by atoms with Gasteiger partial charge in [-0.05, 0) is 40.8 Å². The van der Waals surface area contributed by atoms with Crippen molar-refractivity contribution in [2.24, 2.45) is 0 Å². The second-order valence-electron chi connectivity index (χ2n) is 7.38. The van der Waals surface area contributed by atoms with Gasteiger partial charge in [0, 0.05) is 17.3 Å². The maximum atomic E-state index is 12.6. The second-order valence-corrected chi connectivity index (χ2v) is 9.10. The van der Waals surface area contributed by atoms with Gasteiger partial charge in [0.1, 0.15) is 11.5 Å². The lowest BCUT2D eigenvalue weighted by atomic mass is 9.95. The van der Waals surface area contributed by atoms with Crippen molar-refractivity contribution in [2.45, 2.75) is 25.5 Å². The molecule has 1 N–H and O–H groups in total. The first-order valence-electron chi connectivity index (χ1n) is 9.73. The maximum Gasteiger partial charge on any atom is 0.236 e. The fraction of sp³-hybridized carbons (Fsp3) is 0.250. The van der Waals surface area contributed by atoms with Crippen LogP contribution in [0.5, 0.6) is 11.5 Å². The third-order valence-corrected chi connectivity index (χ3v) is 6.08. The van der Waals surface area contributed by atoms with Gasteiger partial charge in [0.05, 0.1) is 20.0 Å². The number of benzene rings is 3. The maximum absolute atomic E-state index is 12.6. The molecule has 0 aliphatic rings. The van der Waals surface area contributed by atoms with Crippen LogP contribution in [0.4, 0.5) is 5.69 Å². The van der Waals surface area contributed by atoms with Crippen LogP contribution in [-0.2, 0) is 15.8 Å². The molecule has 0 aliphatic carbocycles. The average molecular weight is 426 g/mol. The van der Waals surface area contributed by atoms with Crippen LogP contribution in [0.1, 0.15) is 30.9 Å². The first-order valence-corrected chi connectivity index (χ1v) is 11.4. The topological polar surface area (TPSA) is 64.6 Å². The number of sulfonamides is 1. The highest BCUT2D eigenvalue weighted by atomic mass is 32.2. The molecule has 6 heteroatoms. The Kier molecular flexibility index (Phi) is 6.67. The molecule has 0 atom stereocenters. The van der Waals surface area contributed by atoms with E-state index in [1.165, 1.54) is 0 Å². The Labute approximate surface area is 178 Å². The van der Waals surface area contributed by atoms with Gasteiger partial charge >= 0.3 is 0 Å². The second kappa shape index (κ2) is 9.22. The Balaban J connectivity index is 1.94. The average Bonchev–Trinajstić information content (AvgIpc) is 2.72. The summed E-state index contributed by atoms with van der Waals surface area (Å²) < 4.78 is 39.0. The number of rotatable bonds is 8. The summed E-state index contributed by atoms with van der Waals surface area (Å²) in [6.45, 7) is 4.20. The zero-order valence-corrected chi connectivity index (χ0v) is 18.5. The van der Waals surface area contributed by atoms with Crippen molar-refractivity contribution in [3.05, 3.63) is 77.9 Å². The largest absolute Gasteiger partial charge is 0.496 e. The first-order chi connectivity index (χ1) is 14.3. The van der Waals surface area contributed by atoms with Gasteiger partial charge in [-0.2, -0.15) is 0 Å². The highest BCUT2D eigenvalue weighted by Gasteiger charge is 2.16. The Morgan fingerprint density at radius 1 is 0.867 bits per heavy atom. The molecule has 3 aromatic carbocycles. The van der Waals surface area contributed by atoms with E-state index < -0.39 is 10.0 Å². The zero-order chi connectivity index (χ0) is 21.7. The molecule has 0 fully saturated rings. The molecule has 158 valence electrons. The van der Waals surface area contributed by atoms with Crippen LogP contribution in [0.2, 0.25) is 0 Å². The molecular formula is C24H27NO4S. The van der Waals surface area contributed by atoms with Crippen LogP contribution in [0, 0.1) is 0 Å². The van der Waals surface area contributed by atoms with Crippen LogP contribution in [0.3, 0.4) is 0 Å². The molecule has 30 heavy (non-hydrogen) atoms. The smallest absolute Gasteiger partial charge is 0.236 e. The van der Waals surface area contributed by atoms with Gasteiger partial charge < -0.3 is 9.47 Å². The van der Waals surface area contributed by atoms with E-state index in [9.17, 15) is 8.42 Å². The van der Waals surface area contributed by atoms with Crippen molar-refractivity contribution in [1.29, 1.82) is 0 Å². The van der Waals surface area contributed by atoms with Gasteiger partial charge in [-0.1, -0.05) is 56.3 Å². The van der Waals surface area contributed by atoms with E-state index in [1.54, 1.807) is 32.4 Å². The lowest BCUT2D eigenvalue weighted by Gasteiger charge is -2.18. The van der Waals surface area contributed by atoms with Gasteiger partial charge in [-0.15, -0.1) is 0 Å². The summed E-state index contributed by atoms with van der Waals surface area (Å²) >= 11 is 0. The predicted octanol–water partition coefficient (Wildman–Crippen LogP) is 5.44. The SMILES string of the molecule is COc1cc(OC)c(C(C)C)cc1-c1cccc(NS(=O)(=O)Cc2ccccc2)c1. The lowest BCUT2D eigenvalue weighted by molar-refractivity contribution is 0.390. The molecule has 0 spiro atoms. The molecule has 0 saturated carbocycles. The number of anilines is 1. The van der Waals surface area contributed by atoms with E-state index in [0.29, 0.717) is 11.4 Å². The molecule has 3 rings (SSSR count). The normalized spacial score (nSPS) is 11.4. The molecule has 0 aromatic heterocycles. The number of nitrogens with one attached hydrogen (secondary N) is 1. The highest BCUT2D eigenvalue weighted by molar-refractivity contribution is 7.91. The monoisotopic (exact) mass is 425 g/mol. The van der Waals surface area contributed by atoms with Crippen molar-refractivity contribution in [3.8, 4) is 22.6 Å². The minimum Gasteiger partial charge on any atom is -0.496 e. The first kappa shape index (κ1) is 21.7. The Bertz CT molecular complexity index is 1110. The van der Waals surface area contributed by atoms with Gasteiger partial charge in [-0.3, -0.25) is 4.72 Å². The third kappa shape index (κ3) is 5.13. The molecule has 0 radical (unpaired) electrons. The summed E-state index contributed by atoms with van der Waals surface area (Å²) in [5.41, 5.74) is 4.04. The van der Waals surface area contributed by atoms with Crippen molar-refractivity contribution < 1.29 is 17.9 Å². The molecular weight excluding hydrogens is 398 g/mol. The molecule has 5 nitrogen and oxygen atoms in total. The summed E-state index contributed by atoms with van der Waals surface area (Å²) in [5.74, 6) is 1.62. The summed E-state index contributed by atoms with van der Waals surface area (Å²) in [5, 5.41) is 0. The standard InChI is InChI=1S/C24H27NO4S/c1-17(2)21-14-22(24(29-4)15-23(21)28-3)19-11-8-12-20(13-19)25-30(26,27)16-18-9-6-5-7-10-18/h5-15,17,25H,16H2,1-4H3. The zero-order valence-electron chi connectivity index (χ0n) is 17.7. The molecule has 0 unspecified atom stereocenters. The fourth-order valence-electron chi connectivity index (χ4n) is 3.36. The predicted molar refractivity (Wildman–Crippen MR) is 122 cm³/mol. The molecule has 0 saturated heterocycles. The van der Waals surface area contributed by atoms with E-state index in [-0.39, 0.29) is 11.7 Å². The third-order valence-electron chi connectivity index (χ3n) is 4.82. The van der Waals surface area contributed by atoms with Gasteiger partial charge in [-0.25, -0.2) is 8.42 Å². The molecule has 0 heterocycles. The van der Waals surface area contributed by atoms with Crippen molar-refractivity contribution in [1.82, 2.24) is 0 Å². The van der Waals surface area contributed by atoms with E-state index in [1.807, 2.05) is 48.5 Å². The number of ether oxygens (including phenoxy) is 2. The number of hydrogen-bond acceptors (Lipinski definition) is 4. The molecule has 0 aliphatic heterocycles. The minimum atomic E-state index is -3.54. The van der Waals surface area contributed by atoms with Gasteiger partial charge in [0.25, 0.3) is 0 Å². The summed E-state index contributed by atoms with van der Waals surface area (Å²) in [6, 6.07) is 20.3. The molecule has 3 aromatic rings. The van der Waals surface area contributed by atoms with E-state index in [0.717, 1.165) is 28.0 Å².